The Labute approximate surface area is 207 Å². The number of benzene rings is 1. The predicted octanol–water partition coefficient (Wildman–Crippen LogP) is 3.73. The van der Waals surface area contributed by atoms with Crippen molar-refractivity contribution >= 4 is 11.6 Å². The maximum absolute atomic E-state index is 14.3. The summed E-state index contributed by atoms with van der Waals surface area (Å²) in [6, 6.07) is 3.61. The van der Waals surface area contributed by atoms with E-state index in [-0.39, 0.29) is 29.5 Å². The van der Waals surface area contributed by atoms with Crippen molar-refractivity contribution in [1.82, 2.24) is 15.0 Å². The van der Waals surface area contributed by atoms with Gasteiger partial charge >= 0.3 is 0 Å². The zero-order valence-electron chi connectivity index (χ0n) is 20.1. The Bertz CT molecular complexity index is 1340. The Morgan fingerprint density at radius 3 is 2.58 bits per heavy atom. The van der Waals surface area contributed by atoms with Gasteiger partial charge in [-0.15, -0.1) is 0 Å². The summed E-state index contributed by atoms with van der Waals surface area (Å²) in [4.78, 5) is 24.6. The van der Waals surface area contributed by atoms with Crippen molar-refractivity contribution in [3.8, 4) is 11.6 Å². The maximum Gasteiger partial charge on any atom is 0.246 e. The molecule has 36 heavy (non-hydrogen) atoms. The SMILES string of the molecule is CC(C)[C@]1(c2cncc(-c3nc(CC(N)=O)co3)n2)CCCC(/C=C(\N)c2c(F)cccc2F)=C1N. The second kappa shape index (κ2) is 9.88. The van der Waals surface area contributed by atoms with Gasteiger partial charge in [-0.05, 0) is 49.0 Å². The van der Waals surface area contributed by atoms with Gasteiger partial charge in [-0.2, -0.15) is 0 Å². The molecule has 4 rings (SSSR count). The maximum atomic E-state index is 14.3. The highest BCUT2D eigenvalue weighted by Crippen LogP contribution is 2.46. The zero-order valence-corrected chi connectivity index (χ0v) is 20.1. The summed E-state index contributed by atoms with van der Waals surface area (Å²) in [5, 5.41) is 0. The quantitative estimate of drug-likeness (QED) is 0.453. The van der Waals surface area contributed by atoms with Crippen molar-refractivity contribution in [2.24, 2.45) is 23.1 Å². The Kier molecular flexibility index (Phi) is 6.87. The van der Waals surface area contributed by atoms with E-state index in [0.29, 0.717) is 41.2 Å². The van der Waals surface area contributed by atoms with Crippen LogP contribution in [0, 0.1) is 17.6 Å². The second-order valence-electron chi connectivity index (χ2n) is 9.19. The summed E-state index contributed by atoms with van der Waals surface area (Å²) >= 11 is 0. The lowest BCUT2D eigenvalue weighted by Gasteiger charge is -2.41. The summed E-state index contributed by atoms with van der Waals surface area (Å²) < 4.78 is 34.1. The number of aromatic nitrogens is 3. The molecule has 1 atom stereocenters. The van der Waals surface area contributed by atoms with Crippen LogP contribution in [0.2, 0.25) is 0 Å². The molecule has 0 unspecified atom stereocenters. The van der Waals surface area contributed by atoms with E-state index in [1.165, 1.54) is 18.5 Å². The molecule has 1 aromatic carbocycles. The number of carbonyl (C=O) groups excluding carboxylic acids is 1. The standard InChI is InChI=1S/C26H28F2N6O2/c1-14(2)26(21-12-32-11-20(34-21)25-33-16(13-36-25)10-22(30)35)8-4-5-15(24(26)31)9-19(29)23-17(27)6-3-7-18(23)28/h3,6-7,9,11-14H,4-5,8,10,29,31H2,1-2H3,(H2,30,35)/b19-9-/t26-/m0/s1. The molecule has 10 heteroatoms. The molecular formula is C26H28F2N6O2. The van der Waals surface area contributed by atoms with Gasteiger partial charge in [-0.1, -0.05) is 19.9 Å². The van der Waals surface area contributed by atoms with Crippen LogP contribution in [0.4, 0.5) is 8.78 Å². The van der Waals surface area contributed by atoms with Crippen LogP contribution in [0.1, 0.15) is 50.1 Å². The Morgan fingerprint density at radius 2 is 1.92 bits per heavy atom. The number of nitrogens with zero attached hydrogens (tertiary/aromatic N) is 3. The third-order valence-corrected chi connectivity index (χ3v) is 6.63. The van der Waals surface area contributed by atoms with E-state index in [9.17, 15) is 13.6 Å². The molecule has 0 saturated carbocycles. The molecule has 0 fully saturated rings. The second-order valence-corrected chi connectivity index (χ2v) is 9.19. The van der Waals surface area contributed by atoms with Gasteiger partial charge in [0.25, 0.3) is 0 Å². The van der Waals surface area contributed by atoms with Crippen LogP contribution in [-0.4, -0.2) is 20.9 Å². The molecule has 0 aliphatic heterocycles. The number of amides is 1. The molecule has 0 radical (unpaired) electrons. The normalized spacial score (nSPS) is 18.6. The third kappa shape index (κ3) is 4.58. The van der Waals surface area contributed by atoms with E-state index in [1.54, 1.807) is 12.3 Å². The van der Waals surface area contributed by atoms with Crippen molar-refractivity contribution in [3.05, 3.63) is 82.8 Å². The first-order chi connectivity index (χ1) is 17.1. The zero-order chi connectivity index (χ0) is 26.0. The van der Waals surface area contributed by atoms with E-state index in [4.69, 9.17) is 26.6 Å². The fourth-order valence-corrected chi connectivity index (χ4v) is 4.83. The molecular weight excluding hydrogens is 466 g/mol. The minimum Gasteiger partial charge on any atom is -0.443 e. The summed E-state index contributed by atoms with van der Waals surface area (Å²) in [6.07, 6.45) is 8.06. The summed E-state index contributed by atoms with van der Waals surface area (Å²) in [6.45, 7) is 4.06. The molecule has 0 saturated heterocycles. The van der Waals surface area contributed by atoms with E-state index in [2.05, 4.69) is 9.97 Å². The van der Waals surface area contributed by atoms with Gasteiger partial charge in [0.2, 0.25) is 11.8 Å². The minimum absolute atomic E-state index is 0.00662. The van der Waals surface area contributed by atoms with Crippen LogP contribution in [0.5, 0.6) is 0 Å². The first kappa shape index (κ1) is 25.0. The first-order valence-corrected chi connectivity index (χ1v) is 11.6. The highest BCUT2D eigenvalue weighted by Gasteiger charge is 2.43. The van der Waals surface area contributed by atoms with Crippen LogP contribution in [0.15, 0.2) is 58.6 Å². The number of hydrogen-bond acceptors (Lipinski definition) is 7. The number of halogens is 2. The fourth-order valence-electron chi connectivity index (χ4n) is 4.83. The number of allylic oxidation sites excluding steroid dienone is 3. The van der Waals surface area contributed by atoms with Crippen LogP contribution in [0.3, 0.4) is 0 Å². The molecule has 1 amide bonds. The van der Waals surface area contributed by atoms with E-state index in [1.807, 2.05) is 13.8 Å². The van der Waals surface area contributed by atoms with Crippen LogP contribution < -0.4 is 17.2 Å². The Morgan fingerprint density at radius 1 is 1.19 bits per heavy atom. The highest BCUT2D eigenvalue weighted by atomic mass is 19.1. The Balaban J connectivity index is 1.79. The van der Waals surface area contributed by atoms with Gasteiger partial charge < -0.3 is 21.6 Å². The predicted molar refractivity (Wildman–Crippen MR) is 131 cm³/mol. The van der Waals surface area contributed by atoms with Gasteiger partial charge in [0, 0.05) is 17.6 Å². The molecule has 2 heterocycles. The van der Waals surface area contributed by atoms with Gasteiger partial charge in [0.05, 0.1) is 35.0 Å². The van der Waals surface area contributed by atoms with Gasteiger partial charge in [-0.25, -0.2) is 18.7 Å². The number of carbonyl (C=O) groups is 1. The lowest BCUT2D eigenvalue weighted by Crippen LogP contribution is -2.42. The van der Waals surface area contributed by atoms with E-state index in [0.717, 1.165) is 18.6 Å². The number of primary amides is 1. The van der Waals surface area contributed by atoms with Crippen molar-refractivity contribution < 1.29 is 18.0 Å². The first-order valence-electron chi connectivity index (χ1n) is 11.6. The average Bonchev–Trinajstić information content (AvgIpc) is 3.28. The fraction of sp³-hybridized carbons (Fsp3) is 0.308. The molecule has 8 nitrogen and oxygen atoms in total. The monoisotopic (exact) mass is 494 g/mol. The topological polar surface area (TPSA) is 147 Å². The third-order valence-electron chi connectivity index (χ3n) is 6.63. The Hall–Kier alpha value is -4.08. The van der Waals surface area contributed by atoms with Gasteiger partial charge in [0.1, 0.15) is 23.6 Å². The van der Waals surface area contributed by atoms with Crippen LogP contribution in [0.25, 0.3) is 17.3 Å². The molecule has 1 aliphatic carbocycles. The molecule has 0 spiro atoms. The average molecular weight is 495 g/mol. The van der Waals surface area contributed by atoms with Gasteiger partial charge in [0.15, 0.2) is 0 Å². The van der Waals surface area contributed by atoms with Crippen molar-refractivity contribution in [2.45, 2.75) is 44.9 Å². The largest absolute Gasteiger partial charge is 0.443 e. The lowest BCUT2D eigenvalue weighted by molar-refractivity contribution is -0.117. The summed E-state index contributed by atoms with van der Waals surface area (Å²) in [5.41, 5.74) is 19.7. The number of rotatable bonds is 7. The van der Waals surface area contributed by atoms with Crippen LogP contribution in [-0.2, 0) is 16.6 Å². The van der Waals surface area contributed by atoms with E-state index >= 15 is 0 Å². The number of hydrogen-bond donors (Lipinski definition) is 3. The van der Waals surface area contributed by atoms with E-state index < -0.39 is 23.0 Å². The molecule has 3 aromatic rings. The lowest BCUT2D eigenvalue weighted by atomic mass is 9.64. The molecule has 6 N–H and O–H groups in total. The van der Waals surface area contributed by atoms with Gasteiger partial charge in [-0.3, -0.25) is 9.78 Å². The summed E-state index contributed by atoms with van der Waals surface area (Å²) in [5.74, 6) is -1.80. The van der Waals surface area contributed by atoms with Crippen molar-refractivity contribution in [1.29, 1.82) is 0 Å². The van der Waals surface area contributed by atoms with Crippen molar-refractivity contribution in [2.75, 3.05) is 0 Å². The number of nitrogens with two attached hydrogens (primary N) is 3. The van der Waals surface area contributed by atoms with Crippen LogP contribution >= 0.6 is 0 Å². The molecule has 188 valence electrons. The van der Waals surface area contributed by atoms with Crippen molar-refractivity contribution in [3.63, 3.8) is 0 Å². The molecule has 0 bridgehead atoms. The summed E-state index contributed by atoms with van der Waals surface area (Å²) in [7, 11) is 0. The minimum atomic E-state index is -0.742. The number of oxazole rings is 1. The highest BCUT2D eigenvalue weighted by molar-refractivity contribution is 5.76. The molecule has 1 aliphatic rings. The molecule has 2 aromatic heterocycles. The smallest absolute Gasteiger partial charge is 0.246 e.